The van der Waals surface area contributed by atoms with Gasteiger partial charge in [-0.05, 0) is 42.3 Å². The first-order chi connectivity index (χ1) is 14.2. The zero-order chi connectivity index (χ0) is 19.8. The number of nitrogens with one attached hydrogen (secondary N) is 2. The summed E-state index contributed by atoms with van der Waals surface area (Å²) in [5.74, 6) is -0.0408. The van der Waals surface area contributed by atoms with Gasteiger partial charge in [0.25, 0.3) is 0 Å². The number of pyridine rings is 1. The Morgan fingerprint density at radius 2 is 2.03 bits per heavy atom. The lowest BCUT2D eigenvalue weighted by atomic mass is 10.1. The normalized spacial score (nSPS) is 11.2. The second-order valence-corrected chi connectivity index (χ2v) is 7.94. The minimum absolute atomic E-state index is 0.0408. The topological polar surface area (TPSA) is 70.7 Å². The van der Waals surface area contributed by atoms with Crippen LogP contribution in [0.25, 0.3) is 31.8 Å². The number of carbonyl (C=O) groups is 1. The lowest BCUT2D eigenvalue weighted by molar-refractivity contribution is -0.115. The molecular weight excluding hydrogens is 380 g/mol. The summed E-state index contributed by atoms with van der Waals surface area (Å²) in [7, 11) is 0. The molecule has 0 unspecified atom stereocenters. The Balaban J connectivity index is 1.40. The van der Waals surface area contributed by atoms with Crippen LogP contribution < -0.4 is 5.32 Å². The number of hydrogen-bond acceptors (Lipinski definition) is 4. The number of anilines is 1. The van der Waals surface area contributed by atoms with Crippen LogP contribution in [0.5, 0.6) is 0 Å². The third kappa shape index (κ3) is 3.39. The summed E-state index contributed by atoms with van der Waals surface area (Å²) in [6, 6.07) is 17.9. The highest BCUT2D eigenvalue weighted by Gasteiger charge is 2.12. The Morgan fingerprint density at radius 1 is 1.14 bits per heavy atom. The number of aromatic amines is 1. The maximum absolute atomic E-state index is 12.7. The van der Waals surface area contributed by atoms with Gasteiger partial charge in [-0.3, -0.25) is 4.79 Å². The third-order valence-corrected chi connectivity index (χ3v) is 5.98. The lowest BCUT2D eigenvalue weighted by Gasteiger charge is -2.10. The van der Waals surface area contributed by atoms with Gasteiger partial charge in [-0.25, -0.2) is 9.97 Å². The highest BCUT2D eigenvalue weighted by Crippen LogP contribution is 2.31. The van der Waals surface area contributed by atoms with E-state index >= 15 is 0 Å². The summed E-state index contributed by atoms with van der Waals surface area (Å²) < 4.78 is 0. The Morgan fingerprint density at radius 3 is 2.93 bits per heavy atom. The van der Waals surface area contributed by atoms with Crippen LogP contribution in [0.4, 0.5) is 5.69 Å². The largest absolute Gasteiger partial charge is 0.361 e. The number of amides is 1. The SMILES string of the molecule is Cc1ccc(-c2nc3cccnc3s2)cc1NC(=O)Cc1c[nH]c2ccccc12. The van der Waals surface area contributed by atoms with E-state index in [2.05, 4.69) is 20.3 Å². The number of H-pyrrole nitrogens is 1. The van der Waals surface area contributed by atoms with Crippen molar-refractivity contribution in [1.82, 2.24) is 15.0 Å². The summed E-state index contributed by atoms with van der Waals surface area (Å²) in [4.78, 5) is 25.9. The molecule has 0 radical (unpaired) electrons. The Hall–Kier alpha value is -3.51. The smallest absolute Gasteiger partial charge is 0.228 e. The molecule has 0 fully saturated rings. The summed E-state index contributed by atoms with van der Waals surface area (Å²) in [5, 5.41) is 5.04. The molecule has 0 atom stereocenters. The van der Waals surface area contributed by atoms with Crippen molar-refractivity contribution in [2.45, 2.75) is 13.3 Å². The van der Waals surface area contributed by atoms with Gasteiger partial charge < -0.3 is 10.3 Å². The molecule has 0 bridgehead atoms. The maximum Gasteiger partial charge on any atom is 0.228 e. The molecular formula is C23H18N4OS. The van der Waals surface area contributed by atoms with Gasteiger partial charge in [0.2, 0.25) is 5.91 Å². The molecule has 3 heterocycles. The molecule has 5 aromatic rings. The van der Waals surface area contributed by atoms with Crippen LogP contribution >= 0.6 is 11.3 Å². The van der Waals surface area contributed by atoms with E-state index in [4.69, 9.17) is 0 Å². The maximum atomic E-state index is 12.7. The number of hydrogen-bond donors (Lipinski definition) is 2. The van der Waals surface area contributed by atoms with E-state index in [1.807, 2.05) is 67.7 Å². The van der Waals surface area contributed by atoms with Gasteiger partial charge in [0, 0.05) is 34.5 Å². The molecule has 5 rings (SSSR count). The molecule has 0 saturated carbocycles. The van der Waals surface area contributed by atoms with Gasteiger partial charge in [0.1, 0.15) is 15.4 Å². The minimum Gasteiger partial charge on any atom is -0.361 e. The fraction of sp³-hybridized carbons (Fsp3) is 0.0870. The van der Waals surface area contributed by atoms with E-state index in [-0.39, 0.29) is 5.91 Å². The number of carbonyl (C=O) groups excluding carboxylic acids is 1. The van der Waals surface area contributed by atoms with Crippen molar-refractivity contribution in [1.29, 1.82) is 0 Å². The van der Waals surface area contributed by atoms with Crippen molar-refractivity contribution >= 4 is 44.2 Å². The van der Waals surface area contributed by atoms with Gasteiger partial charge in [-0.1, -0.05) is 41.7 Å². The van der Waals surface area contributed by atoms with E-state index in [1.165, 1.54) is 0 Å². The van der Waals surface area contributed by atoms with Gasteiger partial charge in [0.15, 0.2) is 0 Å². The summed E-state index contributed by atoms with van der Waals surface area (Å²) >= 11 is 1.55. The second kappa shape index (κ2) is 7.14. The monoisotopic (exact) mass is 398 g/mol. The number of para-hydroxylation sites is 1. The van der Waals surface area contributed by atoms with Crippen molar-refractivity contribution in [3.8, 4) is 10.6 Å². The molecule has 5 nitrogen and oxygen atoms in total. The molecule has 2 N–H and O–H groups in total. The average Bonchev–Trinajstić information content (AvgIpc) is 3.34. The number of rotatable bonds is 4. The van der Waals surface area contributed by atoms with Crippen LogP contribution in [0.3, 0.4) is 0 Å². The van der Waals surface area contributed by atoms with Crippen LogP contribution in [-0.2, 0) is 11.2 Å². The summed E-state index contributed by atoms with van der Waals surface area (Å²) in [6.07, 6.45) is 4.00. The first-order valence-corrected chi connectivity index (χ1v) is 10.2. The van der Waals surface area contributed by atoms with E-state index in [0.29, 0.717) is 6.42 Å². The molecule has 3 aromatic heterocycles. The Kier molecular flexibility index (Phi) is 4.33. The second-order valence-electron chi connectivity index (χ2n) is 6.96. The highest BCUT2D eigenvalue weighted by molar-refractivity contribution is 7.21. The molecule has 6 heteroatoms. The molecule has 0 aliphatic carbocycles. The number of benzene rings is 2. The molecule has 0 saturated heterocycles. The van der Waals surface area contributed by atoms with Gasteiger partial charge in [-0.2, -0.15) is 0 Å². The predicted molar refractivity (Wildman–Crippen MR) is 118 cm³/mol. The fourth-order valence-corrected chi connectivity index (χ4v) is 4.33. The standard InChI is InChI=1S/C23H18N4OS/c1-14-8-9-15(22-27-19-7-4-10-24-23(19)29-22)11-20(14)26-21(28)12-16-13-25-18-6-3-2-5-17(16)18/h2-11,13,25H,12H2,1H3,(H,26,28). The first-order valence-electron chi connectivity index (χ1n) is 9.35. The number of aryl methyl sites for hydroxylation is 1. The zero-order valence-corrected chi connectivity index (χ0v) is 16.6. The molecule has 1 amide bonds. The number of fused-ring (bicyclic) bond motifs is 2. The van der Waals surface area contributed by atoms with E-state index < -0.39 is 0 Å². The molecule has 0 spiro atoms. The van der Waals surface area contributed by atoms with Crippen molar-refractivity contribution in [2.24, 2.45) is 0 Å². The molecule has 2 aromatic carbocycles. The number of thiazole rings is 1. The van der Waals surface area contributed by atoms with Gasteiger partial charge >= 0.3 is 0 Å². The van der Waals surface area contributed by atoms with E-state index in [9.17, 15) is 4.79 Å². The third-order valence-electron chi connectivity index (χ3n) is 4.95. The first kappa shape index (κ1) is 17.6. The quantitative estimate of drug-likeness (QED) is 0.430. The number of aromatic nitrogens is 3. The van der Waals surface area contributed by atoms with Crippen LogP contribution in [0.2, 0.25) is 0 Å². The molecule has 142 valence electrons. The molecule has 0 aliphatic heterocycles. The fourth-order valence-electron chi connectivity index (χ4n) is 3.43. The van der Waals surface area contributed by atoms with E-state index in [1.54, 1.807) is 17.5 Å². The van der Waals surface area contributed by atoms with Crippen molar-refractivity contribution in [2.75, 3.05) is 5.32 Å². The highest BCUT2D eigenvalue weighted by atomic mass is 32.1. The van der Waals surface area contributed by atoms with E-state index in [0.717, 1.165) is 48.6 Å². The number of nitrogens with zero attached hydrogens (tertiary/aromatic N) is 2. The van der Waals surface area contributed by atoms with Crippen molar-refractivity contribution < 1.29 is 4.79 Å². The predicted octanol–water partition coefficient (Wildman–Crippen LogP) is 5.33. The van der Waals surface area contributed by atoms with Crippen LogP contribution in [-0.4, -0.2) is 20.9 Å². The molecule has 0 aliphatic rings. The summed E-state index contributed by atoms with van der Waals surface area (Å²) in [5.41, 5.74) is 5.71. The Labute approximate surface area is 171 Å². The molecule has 29 heavy (non-hydrogen) atoms. The van der Waals surface area contributed by atoms with Gasteiger partial charge in [0.05, 0.1) is 6.42 Å². The lowest BCUT2D eigenvalue weighted by Crippen LogP contribution is -2.15. The average molecular weight is 398 g/mol. The van der Waals surface area contributed by atoms with Crippen LogP contribution in [0.1, 0.15) is 11.1 Å². The van der Waals surface area contributed by atoms with Crippen LogP contribution in [0, 0.1) is 6.92 Å². The summed E-state index contributed by atoms with van der Waals surface area (Å²) in [6.45, 7) is 1.99. The van der Waals surface area contributed by atoms with Crippen molar-refractivity contribution in [3.05, 3.63) is 78.1 Å². The van der Waals surface area contributed by atoms with Crippen LogP contribution in [0.15, 0.2) is 67.0 Å². The van der Waals surface area contributed by atoms with Crippen molar-refractivity contribution in [3.63, 3.8) is 0 Å². The zero-order valence-electron chi connectivity index (χ0n) is 15.8. The Bertz CT molecular complexity index is 1320. The minimum atomic E-state index is -0.0408. The van der Waals surface area contributed by atoms with Gasteiger partial charge in [-0.15, -0.1) is 0 Å².